The molecular formula is C18H24N2O2. The van der Waals surface area contributed by atoms with Gasteiger partial charge in [0.1, 0.15) is 17.2 Å². The zero-order valence-corrected chi connectivity index (χ0v) is 13.4. The molecule has 2 heterocycles. The monoisotopic (exact) mass is 300 g/mol. The van der Waals surface area contributed by atoms with Crippen molar-refractivity contribution in [2.24, 2.45) is 0 Å². The molecule has 1 fully saturated rings. The molecule has 4 nitrogen and oxygen atoms in total. The summed E-state index contributed by atoms with van der Waals surface area (Å²) in [4.78, 5) is 2.49. The number of rotatable bonds is 6. The topological polar surface area (TPSA) is 38.5 Å². The fourth-order valence-electron chi connectivity index (χ4n) is 3.04. The van der Waals surface area contributed by atoms with Crippen LogP contribution in [0, 0.1) is 6.92 Å². The number of hydrogen-bond acceptors (Lipinski definition) is 4. The Hall–Kier alpha value is -1.81. The number of nitrogens with zero attached hydrogens (tertiary/aromatic N) is 2. The first kappa shape index (κ1) is 15.1. The maximum atomic E-state index is 5.64. The highest BCUT2D eigenvalue weighted by Crippen LogP contribution is 2.32. The Bertz CT molecular complexity index is 591. The second-order valence-corrected chi connectivity index (χ2v) is 5.98. The van der Waals surface area contributed by atoms with Gasteiger partial charge in [-0.1, -0.05) is 24.2 Å². The van der Waals surface area contributed by atoms with Crippen LogP contribution in [-0.4, -0.2) is 23.2 Å². The molecule has 1 aromatic heterocycles. The van der Waals surface area contributed by atoms with Crippen LogP contribution in [0.25, 0.3) is 0 Å². The van der Waals surface area contributed by atoms with Crippen molar-refractivity contribution in [3.05, 3.63) is 47.3 Å². The number of aryl methyl sites for hydroxylation is 1. The zero-order chi connectivity index (χ0) is 15.4. The highest BCUT2D eigenvalue weighted by Gasteiger charge is 2.28. The van der Waals surface area contributed by atoms with E-state index in [0.717, 1.165) is 49.7 Å². The van der Waals surface area contributed by atoms with E-state index in [1.165, 1.54) is 12.0 Å². The molecule has 118 valence electrons. The zero-order valence-electron chi connectivity index (χ0n) is 13.4. The fraction of sp³-hybridized carbons (Fsp3) is 0.500. The minimum Gasteiger partial charge on any atom is -0.494 e. The predicted octanol–water partition coefficient (Wildman–Crippen LogP) is 4.11. The minimum absolute atomic E-state index is 0.383. The number of hydrogen-bond donors (Lipinski definition) is 0. The molecule has 3 rings (SSSR count). The first-order chi connectivity index (χ1) is 10.8. The van der Waals surface area contributed by atoms with Crippen LogP contribution in [0.2, 0.25) is 0 Å². The van der Waals surface area contributed by atoms with Gasteiger partial charge in [0.2, 0.25) is 0 Å². The Balaban J connectivity index is 1.64. The molecule has 2 aromatic rings. The number of ether oxygens (including phenoxy) is 1. The van der Waals surface area contributed by atoms with E-state index < -0.39 is 0 Å². The molecule has 4 heteroatoms. The van der Waals surface area contributed by atoms with E-state index in [2.05, 4.69) is 47.3 Å². The standard InChI is InChI=1S/C18H24N2O2/c1-3-11-21-16-8-6-15(7-9-16)13-20-10-4-5-18(20)17-12-14(2)22-19-17/h6-9,12,18H,3-5,10-11,13H2,1-2H3/t18-/m0/s1. The quantitative estimate of drug-likeness (QED) is 0.804. The lowest BCUT2D eigenvalue weighted by atomic mass is 10.1. The van der Waals surface area contributed by atoms with Gasteiger partial charge in [-0.05, 0) is 50.4 Å². The largest absolute Gasteiger partial charge is 0.494 e. The summed E-state index contributed by atoms with van der Waals surface area (Å²) < 4.78 is 10.9. The van der Waals surface area contributed by atoms with E-state index in [9.17, 15) is 0 Å². The summed E-state index contributed by atoms with van der Waals surface area (Å²) in [6.07, 6.45) is 3.41. The van der Waals surface area contributed by atoms with Crippen LogP contribution in [0.4, 0.5) is 0 Å². The van der Waals surface area contributed by atoms with Crippen LogP contribution >= 0.6 is 0 Å². The van der Waals surface area contributed by atoms with Crippen LogP contribution in [0.5, 0.6) is 5.75 Å². The van der Waals surface area contributed by atoms with E-state index in [4.69, 9.17) is 9.26 Å². The Morgan fingerprint density at radius 2 is 2.14 bits per heavy atom. The molecule has 0 bridgehead atoms. The van der Waals surface area contributed by atoms with E-state index in [0.29, 0.717) is 6.04 Å². The van der Waals surface area contributed by atoms with Crippen molar-refractivity contribution in [3.63, 3.8) is 0 Å². The summed E-state index contributed by atoms with van der Waals surface area (Å²) in [7, 11) is 0. The molecule has 1 aliphatic rings. The second kappa shape index (κ2) is 6.97. The number of aromatic nitrogens is 1. The maximum absolute atomic E-state index is 5.64. The molecule has 22 heavy (non-hydrogen) atoms. The molecule has 1 atom stereocenters. The van der Waals surface area contributed by atoms with Gasteiger partial charge in [-0.25, -0.2) is 0 Å². The van der Waals surface area contributed by atoms with Gasteiger partial charge in [0.15, 0.2) is 0 Å². The Morgan fingerprint density at radius 1 is 1.32 bits per heavy atom. The summed E-state index contributed by atoms with van der Waals surface area (Å²) in [6, 6.07) is 10.9. The van der Waals surface area contributed by atoms with Crippen molar-refractivity contribution >= 4 is 0 Å². The summed E-state index contributed by atoms with van der Waals surface area (Å²) in [5.74, 6) is 1.84. The highest BCUT2D eigenvalue weighted by molar-refractivity contribution is 5.27. The van der Waals surface area contributed by atoms with E-state index in [-0.39, 0.29) is 0 Å². The predicted molar refractivity (Wildman–Crippen MR) is 85.9 cm³/mol. The fourth-order valence-corrected chi connectivity index (χ4v) is 3.04. The third kappa shape index (κ3) is 3.50. The number of benzene rings is 1. The third-order valence-corrected chi connectivity index (χ3v) is 4.13. The van der Waals surface area contributed by atoms with Crippen molar-refractivity contribution in [2.45, 2.75) is 45.7 Å². The van der Waals surface area contributed by atoms with Gasteiger partial charge in [-0.3, -0.25) is 4.90 Å². The van der Waals surface area contributed by atoms with Crippen LogP contribution in [0.3, 0.4) is 0 Å². The molecule has 0 amide bonds. The van der Waals surface area contributed by atoms with Gasteiger partial charge in [0.05, 0.1) is 12.6 Å². The van der Waals surface area contributed by atoms with Crippen molar-refractivity contribution in [3.8, 4) is 5.75 Å². The van der Waals surface area contributed by atoms with Crippen LogP contribution in [0.1, 0.15) is 49.2 Å². The van der Waals surface area contributed by atoms with Crippen molar-refractivity contribution in [2.75, 3.05) is 13.2 Å². The Morgan fingerprint density at radius 3 is 2.82 bits per heavy atom. The SMILES string of the molecule is CCCOc1ccc(CN2CCC[C@H]2c2cc(C)on2)cc1. The summed E-state index contributed by atoms with van der Waals surface area (Å²) in [6.45, 7) is 6.91. The second-order valence-electron chi connectivity index (χ2n) is 5.98. The molecular weight excluding hydrogens is 276 g/mol. The summed E-state index contributed by atoms with van der Waals surface area (Å²) in [5, 5.41) is 4.20. The maximum Gasteiger partial charge on any atom is 0.133 e. The highest BCUT2D eigenvalue weighted by atomic mass is 16.5. The Labute approximate surface area is 132 Å². The average Bonchev–Trinajstić information content (AvgIpc) is 3.15. The molecule has 1 aliphatic heterocycles. The van der Waals surface area contributed by atoms with E-state index in [1.807, 2.05) is 6.92 Å². The van der Waals surface area contributed by atoms with Crippen molar-refractivity contribution in [1.29, 1.82) is 0 Å². The molecule has 0 N–H and O–H groups in total. The van der Waals surface area contributed by atoms with Gasteiger partial charge in [0, 0.05) is 12.6 Å². The Kier molecular flexibility index (Phi) is 4.78. The molecule has 0 spiro atoms. The minimum atomic E-state index is 0.383. The van der Waals surface area contributed by atoms with Gasteiger partial charge in [0.25, 0.3) is 0 Å². The van der Waals surface area contributed by atoms with Crippen LogP contribution in [0.15, 0.2) is 34.9 Å². The van der Waals surface area contributed by atoms with Crippen LogP contribution < -0.4 is 4.74 Å². The molecule has 1 aromatic carbocycles. The van der Waals surface area contributed by atoms with Crippen LogP contribution in [-0.2, 0) is 6.54 Å². The molecule has 0 radical (unpaired) electrons. The number of likely N-dealkylation sites (tertiary alicyclic amines) is 1. The lowest BCUT2D eigenvalue weighted by Crippen LogP contribution is -2.22. The summed E-state index contributed by atoms with van der Waals surface area (Å²) >= 11 is 0. The van der Waals surface area contributed by atoms with Gasteiger partial charge in [-0.2, -0.15) is 0 Å². The first-order valence-electron chi connectivity index (χ1n) is 8.15. The van der Waals surface area contributed by atoms with Crippen molar-refractivity contribution in [1.82, 2.24) is 10.1 Å². The molecule has 0 saturated carbocycles. The van der Waals surface area contributed by atoms with E-state index >= 15 is 0 Å². The summed E-state index contributed by atoms with van der Waals surface area (Å²) in [5.41, 5.74) is 2.38. The first-order valence-corrected chi connectivity index (χ1v) is 8.15. The lowest BCUT2D eigenvalue weighted by molar-refractivity contribution is 0.236. The van der Waals surface area contributed by atoms with Gasteiger partial charge >= 0.3 is 0 Å². The molecule has 0 aliphatic carbocycles. The third-order valence-electron chi connectivity index (χ3n) is 4.13. The molecule has 1 saturated heterocycles. The average molecular weight is 300 g/mol. The molecule has 0 unspecified atom stereocenters. The van der Waals surface area contributed by atoms with Gasteiger partial charge in [-0.15, -0.1) is 0 Å². The lowest BCUT2D eigenvalue weighted by Gasteiger charge is -2.22. The van der Waals surface area contributed by atoms with E-state index in [1.54, 1.807) is 0 Å². The smallest absolute Gasteiger partial charge is 0.133 e. The van der Waals surface area contributed by atoms with Crippen molar-refractivity contribution < 1.29 is 9.26 Å². The normalized spacial score (nSPS) is 18.7. The van der Waals surface area contributed by atoms with Gasteiger partial charge < -0.3 is 9.26 Å².